The maximum absolute atomic E-state index is 12.3. The van der Waals surface area contributed by atoms with Gasteiger partial charge in [-0.05, 0) is 42.0 Å². The fraction of sp³-hybridized carbons (Fsp3) is 0.136. The highest BCUT2D eigenvalue weighted by Crippen LogP contribution is 2.26. The Morgan fingerprint density at radius 2 is 1.87 bits per heavy atom. The molecule has 4 rings (SSSR count). The average Bonchev–Trinajstić information content (AvgIpc) is 3.43. The second-order valence-corrected chi connectivity index (χ2v) is 7.36. The van der Waals surface area contributed by atoms with E-state index in [-0.39, 0.29) is 11.7 Å². The number of rotatable bonds is 8. The smallest absolute Gasteiger partial charge is 0.234 e. The molecule has 0 aliphatic carbocycles. The molecule has 152 valence electrons. The van der Waals surface area contributed by atoms with Gasteiger partial charge in [0.2, 0.25) is 11.7 Å². The molecule has 30 heavy (non-hydrogen) atoms. The molecule has 0 fully saturated rings. The van der Waals surface area contributed by atoms with Crippen LogP contribution in [0.2, 0.25) is 0 Å². The number of benzene rings is 2. The van der Waals surface area contributed by atoms with Crippen molar-refractivity contribution in [3.05, 3.63) is 78.6 Å². The minimum Gasteiger partial charge on any atom is -0.497 e. The molecule has 0 spiro atoms. The molecule has 0 unspecified atom stereocenters. The number of carbonyl (C=O) groups excluding carboxylic acids is 1. The topological polar surface area (TPSA) is 82.2 Å². The van der Waals surface area contributed by atoms with Crippen LogP contribution in [-0.2, 0) is 11.3 Å². The van der Waals surface area contributed by atoms with Crippen molar-refractivity contribution >= 4 is 23.4 Å². The zero-order valence-electron chi connectivity index (χ0n) is 16.3. The summed E-state index contributed by atoms with van der Waals surface area (Å²) in [6.07, 6.45) is 1.60. The number of furan rings is 1. The summed E-state index contributed by atoms with van der Waals surface area (Å²) in [5.41, 5.74) is 1.82. The monoisotopic (exact) mass is 420 g/mol. The lowest BCUT2D eigenvalue weighted by Crippen LogP contribution is -2.14. The molecule has 8 heteroatoms. The first kappa shape index (κ1) is 19.8. The van der Waals surface area contributed by atoms with Crippen LogP contribution in [0.5, 0.6) is 5.75 Å². The number of ether oxygens (including phenoxy) is 1. The Kier molecular flexibility index (Phi) is 6.14. The molecular formula is C22H20N4O3S. The normalized spacial score (nSPS) is 10.7. The Labute approximate surface area is 178 Å². The van der Waals surface area contributed by atoms with E-state index < -0.39 is 0 Å². The molecule has 2 aromatic heterocycles. The summed E-state index contributed by atoms with van der Waals surface area (Å²) in [5, 5.41) is 12.1. The van der Waals surface area contributed by atoms with Crippen LogP contribution in [0.4, 0.5) is 5.69 Å². The molecule has 0 aliphatic heterocycles. The number of amides is 1. The van der Waals surface area contributed by atoms with E-state index in [2.05, 4.69) is 15.5 Å². The number of nitrogens with one attached hydrogen (secondary N) is 1. The summed E-state index contributed by atoms with van der Waals surface area (Å²) >= 11 is 1.33. The van der Waals surface area contributed by atoms with Gasteiger partial charge in [-0.25, -0.2) is 0 Å². The van der Waals surface area contributed by atoms with Gasteiger partial charge >= 0.3 is 0 Å². The van der Waals surface area contributed by atoms with E-state index in [1.165, 1.54) is 11.8 Å². The Balaban J connectivity index is 1.52. The molecule has 7 nitrogen and oxygen atoms in total. The van der Waals surface area contributed by atoms with Gasteiger partial charge in [0.15, 0.2) is 10.9 Å². The number of methoxy groups -OCH3 is 1. The number of aromatic nitrogens is 3. The zero-order chi connectivity index (χ0) is 20.8. The quantitative estimate of drug-likeness (QED) is 0.427. The van der Waals surface area contributed by atoms with Crippen molar-refractivity contribution in [2.75, 3.05) is 18.2 Å². The first-order chi connectivity index (χ1) is 14.7. The van der Waals surface area contributed by atoms with Gasteiger partial charge in [0, 0.05) is 5.69 Å². The van der Waals surface area contributed by atoms with E-state index >= 15 is 0 Å². The summed E-state index contributed by atoms with van der Waals surface area (Å²) in [4.78, 5) is 12.3. The molecule has 1 amide bonds. The van der Waals surface area contributed by atoms with Crippen LogP contribution in [-0.4, -0.2) is 33.5 Å². The molecule has 0 aliphatic rings. The standard InChI is InChI=1S/C22H20N4O3S/c1-28-18-11-9-16(10-12-18)14-26-21(19-8-5-13-29-19)24-25-22(26)30-15-20(27)23-17-6-3-2-4-7-17/h2-13H,14-15H2,1H3,(H,23,27). The molecular weight excluding hydrogens is 400 g/mol. The third-order valence-corrected chi connectivity index (χ3v) is 5.31. The number of hydrogen-bond acceptors (Lipinski definition) is 6. The number of anilines is 1. The predicted molar refractivity (Wildman–Crippen MR) is 116 cm³/mol. The van der Waals surface area contributed by atoms with Crippen LogP contribution in [0, 0.1) is 0 Å². The van der Waals surface area contributed by atoms with Gasteiger partial charge < -0.3 is 14.5 Å². The maximum Gasteiger partial charge on any atom is 0.234 e. The molecule has 0 atom stereocenters. The van der Waals surface area contributed by atoms with Crippen molar-refractivity contribution in [2.45, 2.75) is 11.7 Å². The van der Waals surface area contributed by atoms with Crippen molar-refractivity contribution in [2.24, 2.45) is 0 Å². The number of nitrogens with zero attached hydrogens (tertiary/aromatic N) is 3. The first-order valence-electron chi connectivity index (χ1n) is 9.30. The van der Waals surface area contributed by atoms with Gasteiger partial charge in [-0.2, -0.15) is 0 Å². The molecule has 0 radical (unpaired) electrons. The van der Waals surface area contributed by atoms with Gasteiger partial charge in [0.1, 0.15) is 5.75 Å². The Morgan fingerprint density at radius 1 is 1.07 bits per heavy atom. The maximum atomic E-state index is 12.3. The summed E-state index contributed by atoms with van der Waals surface area (Å²) in [7, 11) is 1.64. The van der Waals surface area contributed by atoms with E-state index in [9.17, 15) is 4.79 Å². The lowest BCUT2D eigenvalue weighted by molar-refractivity contribution is -0.113. The van der Waals surface area contributed by atoms with E-state index in [1.54, 1.807) is 13.4 Å². The Morgan fingerprint density at radius 3 is 2.57 bits per heavy atom. The minimum absolute atomic E-state index is 0.107. The number of carbonyl (C=O) groups is 1. The first-order valence-corrected chi connectivity index (χ1v) is 10.3. The van der Waals surface area contributed by atoms with Gasteiger partial charge in [-0.1, -0.05) is 42.1 Å². The van der Waals surface area contributed by atoms with Crippen LogP contribution in [0.3, 0.4) is 0 Å². The van der Waals surface area contributed by atoms with Crippen LogP contribution in [0.1, 0.15) is 5.56 Å². The van der Waals surface area contributed by atoms with Crippen molar-refractivity contribution < 1.29 is 13.9 Å². The van der Waals surface area contributed by atoms with Crippen LogP contribution in [0.25, 0.3) is 11.6 Å². The fourth-order valence-corrected chi connectivity index (χ4v) is 3.63. The van der Waals surface area contributed by atoms with Crippen molar-refractivity contribution in [1.29, 1.82) is 0 Å². The molecule has 4 aromatic rings. The lowest BCUT2D eigenvalue weighted by atomic mass is 10.2. The third-order valence-electron chi connectivity index (χ3n) is 4.35. The van der Waals surface area contributed by atoms with E-state index in [0.717, 1.165) is 17.0 Å². The summed E-state index contributed by atoms with van der Waals surface area (Å²) < 4.78 is 12.7. The molecule has 2 heterocycles. The van der Waals surface area contributed by atoms with Crippen LogP contribution < -0.4 is 10.1 Å². The van der Waals surface area contributed by atoms with Gasteiger partial charge in [0.25, 0.3) is 0 Å². The second kappa shape index (κ2) is 9.32. The summed E-state index contributed by atoms with van der Waals surface area (Å²) in [5.74, 6) is 2.14. The highest BCUT2D eigenvalue weighted by Gasteiger charge is 2.18. The predicted octanol–water partition coefficient (Wildman–Crippen LogP) is 4.33. The highest BCUT2D eigenvalue weighted by molar-refractivity contribution is 7.99. The van der Waals surface area contributed by atoms with E-state index in [1.807, 2.05) is 71.3 Å². The number of para-hydroxylation sites is 1. The van der Waals surface area contributed by atoms with Gasteiger partial charge in [0.05, 0.1) is 25.7 Å². The average molecular weight is 420 g/mol. The van der Waals surface area contributed by atoms with Crippen LogP contribution >= 0.6 is 11.8 Å². The largest absolute Gasteiger partial charge is 0.497 e. The SMILES string of the molecule is COc1ccc(Cn2c(SCC(=O)Nc3ccccc3)nnc2-c2ccco2)cc1. The molecule has 2 aromatic carbocycles. The fourth-order valence-electron chi connectivity index (χ4n) is 2.89. The number of hydrogen-bond donors (Lipinski definition) is 1. The lowest BCUT2D eigenvalue weighted by Gasteiger charge is -2.10. The minimum atomic E-state index is -0.107. The van der Waals surface area contributed by atoms with E-state index in [4.69, 9.17) is 9.15 Å². The molecule has 0 saturated carbocycles. The zero-order valence-corrected chi connectivity index (χ0v) is 17.1. The summed E-state index contributed by atoms with van der Waals surface area (Å²) in [6.45, 7) is 0.537. The molecule has 0 bridgehead atoms. The van der Waals surface area contributed by atoms with Gasteiger partial charge in [-0.15, -0.1) is 10.2 Å². The van der Waals surface area contributed by atoms with Gasteiger partial charge in [-0.3, -0.25) is 9.36 Å². The molecule has 1 N–H and O–H groups in total. The number of thioether (sulfide) groups is 1. The Hall–Kier alpha value is -3.52. The van der Waals surface area contributed by atoms with E-state index in [0.29, 0.717) is 23.3 Å². The van der Waals surface area contributed by atoms with Crippen molar-refractivity contribution in [3.8, 4) is 17.3 Å². The molecule has 0 saturated heterocycles. The van der Waals surface area contributed by atoms with Crippen molar-refractivity contribution in [1.82, 2.24) is 14.8 Å². The van der Waals surface area contributed by atoms with Crippen molar-refractivity contribution in [3.63, 3.8) is 0 Å². The Bertz CT molecular complexity index is 1090. The van der Waals surface area contributed by atoms with Crippen LogP contribution in [0.15, 0.2) is 82.6 Å². The summed E-state index contributed by atoms with van der Waals surface area (Å²) in [6, 6.07) is 20.8. The second-order valence-electron chi connectivity index (χ2n) is 6.42. The third kappa shape index (κ3) is 4.72. The highest BCUT2D eigenvalue weighted by atomic mass is 32.2.